The van der Waals surface area contributed by atoms with Crippen molar-refractivity contribution in [3.8, 4) is 0 Å². The fraction of sp³-hybridized carbons (Fsp3) is 0.667. The van der Waals surface area contributed by atoms with Gasteiger partial charge in [0.15, 0.2) is 0 Å². The SMILES string of the molecule is O=C(O)CCO[P+](=O)O.[Th]. The van der Waals surface area contributed by atoms with Gasteiger partial charge in [-0.3, -0.25) is 4.79 Å². The van der Waals surface area contributed by atoms with Gasteiger partial charge in [-0.25, -0.2) is 0 Å². The van der Waals surface area contributed by atoms with Crippen LogP contribution in [0.3, 0.4) is 0 Å². The van der Waals surface area contributed by atoms with Crippen molar-refractivity contribution in [1.82, 2.24) is 0 Å². The van der Waals surface area contributed by atoms with Gasteiger partial charge < -0.3 is 5.11 Å². The van der Waals surface area contributed by atoms with Crippen molar-refractivity contribution >= 4 is 14.2 Å². The van der Waals surface area contributed by atoms with Gasteiger partial charge in [-0.1, -0.05) is 0 Å². The predicted molar refractivity (Wildman–Crippen MR) is 28.0 cm³/mol. The summed E-state index contributed by atoms with van der Waals surface area (Å²) >= 11 is 0. The summed E-state index contributed by atoms with van der Waals surface area (Å²) in [6.45, 7) is -0.221. The summed E-state index contributed by atoms with van der Waals surface area (Å²) in [7, 11) is -2.64. The maximum Gasteiger partial charge on any atom is 0.694 e. The van der Waals surface area contributed by atoms with Gasteiger partial charge in [-0.05, 0) is 0 Å². The third-order valence-corrected chi connectivity index (χ3v) is 0.921. The Morgan fingerprint density at radius 2 is 2.10 bits per heavy atom. The number of carbonyl (C=O) groups is 1. The second-order valence-corrected chi connectivity index (χ2v) is 1.95. The number of carboxylic acid groups (broad SMARTS) is 1. The molecule has 0 bridgehead atoms. The molecule has 0 spiro atoms. The standard InChI is InChI=1S/C3H5O5P.Th/c4-3(5)1-2-8-9(6)7;/h1-2H2,(H-,4,5,6,7);/p+1. The van der Waals surface area contributed by atoms with Crippen LogP contribution in [0.2, 0.25) is 0 Å². The topological polar surface area (TPSA) is 83.8 Å². The van der Waals surface area contributed by atoms with Crippen LogP contribution in [-0.4, -0.2) is 22.6 Å². The molecular formula is C3H6O5PTh+. The molecule has 0 saturated carbocycles. The molecule has 10 heavy (non-hydrogen) atoms. The van der Waals surface area contributed by atoms with Gasteiger partial charge >= 0.3 is 14.2 Å². The zero-order valence-electron chi connectivity index (χ0n) is 4.98. The summed E-state index contributed by atoms with van der Waals surface area (Å²) in [4.78, 5) is 17.7. The molecule has 1 unspecified atom stereocenters. The molecule has 2 N–H and O–H groups in total. The number of aliphatic carboxylic acids is 1. The van der Waals surface area contributed by atoms with Crippen LogP contribution in [0.4, 0.5) is 0 Å². The van der Waals surface area contributed by atoms with Gasteiger partial charge in [0, 0.05) is 44.5 Å². The Labute approximate surface area is 90.4 Å². The Morgan fingerprint density at radius 1 is 1.60 bits per heavy atom. The van der Waals surface area contributed by atoms with Crippen LogP contribution in [0.25, 0.3) is 0 Å². The monoisotopic (exact) mass is 385 g/mol. The van der Waals surface area contributed by atoms with Crippen LogP contribution < -0.4 is 0 Å². The second-order valence-electron chi connectivity index (χ2n) is 1.21. The molecule has 1 atom stereocenters. The van der Waals surface area contributed by atoms with E-state index in [0.29, 0.717) is 0 Å². The molecule has 0 aromatic rings. The molecule has 0 radical (unpaired) electrons. The number of carboxylic acids is 1. The van der Waals surface area contributed by atoms with E-state index in [9.17, 15) is 9.36 Å². The van der Waals surface area contributed by atoms with Crippen molar-refractivity contribution in [2.45, 2.75) is 6.42 Å². The predicted octanol–water partition coefficient (Wildman–Crippen LogP) is 0.127. The molecule has 0 saturated heterocycles. The normalized spacial score (nSPS) is 9.90. The van der Waals surface area contributed by atoms with E-state index < -0.39 is 14.2 Å². The zero-order valence-corrected chi connectivity index (χ0v) is 9.98. The first-order chi connectivity index (χ1) is 4.13. The molecule has 0 aliphatic rings. The molecule has 0 rings (SSSR count). The van der Waals surface area contributed by atoms with Crippen molar-refractivity contribution in [3.63, 3.8) is 0 Å². The van der Waals surface area contributed by atoms with E-state index in [2.05, 4.69) is 4.52 Å². The van der Waals surface area contributed by atoms with Crippen molar-refractivity contribution in [2.75, 3.05) is 6.61 Å². The zero-order chi connectivity index (χ0) is 7.28. The van der Waals surface area contributed by atoms with Crippen LogP contribution in [0.5, 0.6) is 0 Å². The molecule has 0 aliphatic heterocycles. The Bertz CT molecular complexity index is 112. The Balaban J connectivity index is 0. The van der Waals surface area contributed by atoms with Crippen molar-refractivity contribution in [3.05, 3.63) is 0 Å². The van der Waals surface area contributed by atoms with Gasteiger partial charge in [0.2, 0.25) is 0 Å². The summed E-state index contributed by atoms with van der Waals surface area (Å²) < 4.78 is 13.8. The maximum absolute atomic E-state index is 9.72. The molecule has 7 heteroatoms. The number of hydrogen-bond acceptors (Lipinski definition) is 3. The van der Waals surface area contributed by atoms with Crippen LogP contribution in [0.15, 0.2) is 0 Å². The summed E-state index contributed by atoms with van der Waals surface area (Å²) in [5.41, 5.74) is 0. The average Bonchev–Trinajstić information content (AvgIpc) is 1.63. The molecule has 0 amide bonds. The molecular weight excluding hydrogens is 379 g/mol. The van der Waals surface area contributed by atoms with E-state index in [1.165, 1.54) is 0 Å². The smallest absolute Gasteiger partial charge is 0.481 e. The Morgan fingerprint density at radius 3 is 2.40 bits per heavy atom. The Hall–Kier alpha value is 0.815. The molecule has 0 aliphatic carbocycles. The second kappa shape index (κ2) is 7.92. The largest absolute Gasteiger partial charge is 0.694 e. The molecule has 5 nitrogen and oxygen atoms in total. The molecule has 0 fully saturated rings. The van der Waals surface area contributed by atoms with Gasteiger partial charge in [-0.15, -0.1) is 9.42 Å². The van der Waals surface area contributed by atoms with E-state index in [-0.39, 0.29) is 53.0 Å². The van der Waals surface area contributed by atoms with E-state index in [1.54, 1.807) is 0 Å². The summed E-state index contributed by atoms with van der Waals surface area (Å²) in [5, 5.41) is 7.97. The fourth-order valence-corrected chi connectivity index (χ4v) is 0.459. The van der Waals surface area contributed by atoms with Gasteiger partial charge in [0.05, 0.1) is 6.42 Å². The van der Waals surface area contributed by atoms with E-state index in [0.717, 1.165) is 0 Å². The minimum absolute atomic E-state index is 0. The third kappa shape index (κ3) is 11.6. The quantitative estimate of drug-likeness (QED) is 0.673. The third-order valence-electron chi connectivity index (χ3n) is 0.518. The van der Waals surface area contributed by atoms with Gasteiger partial charge in [0.1, 0.15) is 6.61 Å². The van der Waals surface area contributed by atoms with Crippen LogP contribution in [0.1, 0.15) is 6.42 Å². The van der Waals surface area contributed by atoms with Crippen LogP contribution >= 0.6 is 8.25 Å². The van der Waals surface area contributed by atoms with E-state index in [1.807, 2.05) is 0 Å². The van der Waals surface area contributed by atoms with Crippen molar-refractivity contribution in [1.29, 1.82) is 0 Å². The first kappa shape index (κ1) is 13.4. The first-order valence-corrected chi connectivity index (χ1v) is 3.27. The molecule has 0 aromatic heterocycles. The van der Waals surface area contributed by atoms with Crippen LogP contribution in [0, 0.1) is 39.9 Å². The maximum atomic E-state index is 9.72. The minimum atomic E-state index is -2.64. The fourth-order valence-electron chi connectivity index (χ4n) is 0.211. The minimum Gasteiger partial charge on any atom is -0.481 e. The number of hydrogen-bond donors (Lipinski definition) is 2. The van der Waals surface area contributed by atoms with Crippen LogP contribution in [-0.2, 0) is 13.9 Å². The summed E-state index contributed by atoms with van der Waals surface area (Å²) in [6, 6.07) is 0. The molecule has 0 heterocycles. The van der Waals surface area contributed by atoms with Crippen molar-refractivity contribution in [2.24, 2.45) is 0 Å². The summed E-state index contributed by atoms with van der Waals surface area (Å²) in [5.74, 6) is -1.05. The average molecular weight is 385 g/mol. The molecule has 0 aromatic carbocycles. The molecule has 56 valence electrons. The Kier molecular flexibility index (Phi) is 10.6. The van der Waals surface area contributed by atoms with E-state index in [4.69, 9.17) is 10.00 Å². The van der Waals surface area contributed by atoms with E-state index >= 15 is 0 Å². The van der Waals surface area contributed by atoms with Gasteiger partial charge in [-0.2, -0.15) is 0 Å². The first-order valence-electron chi connectivity index (χ1n) is 2.14. The van der Waals surface area contributed by atoms with Crippen molar-refractivity contribution < 1.29 is 63.8 Å². The van der Waals surface area contributed by atoms with Gasteiger partial charge in [0.25, 0.3) is 0 Å². The summed E-state index contributed by atoms with van der Waals surface area (Å²) in [6.07, 6.45) is -0.248. The number of rotatable bonds is 4.